The molecule has 2 aliphatic rings. The van der Waals surface area contributed by atoms with Gasteiger partial charge >= 0.3 is 6.18 Å². The van der Waals surface area contributed by atoms with E-state index in [1.807, 2.05) is 24.8 Å². The lowest BCUT2D eigenvalue weighted by Crippen LogP contribution is -2.52. The van der Waals surface area contributed by atoms with Crippen LogP contribution in [0.1, 0.15) is 18.1 Å². The first kappa shape index (κ1) is 28.2. The van der Waals surface area contributed by atoms with Crippen LogP contribution in [0.25, 0.3) is 0 Å². The van der Waals surface area contributed by atoms with Gasteiger partial charge < -0.3 is 19.4 Å². The number of rotatable bonds is 5. The molecule has 0 saturated carbocycles. The van der Waals surface area contributed by atoms with E-state index in [1.54, 1.807) is 41.3 Å². The van der Waals surface area contributed by atoms with E-state index >= 15 is 0 Å². The van der Waals surface area contributed by atoms with E-state index in [1.165, 1.54) is 6.07 Å². The van der Waals surface area contributed by atoms with Gasteiger partial charge in [0.2, 0.25) is 9.84 Å². The van der Waals surface area contributed by atoms with Crippen LogP contribution < -0.4 is 14.7 Å². The Hall–Kier alpha value is -3.31. The number of alkyl halides is 3. The molecule has 6 nitrogen and oxygen atoms in total. The maximum Gasteiger partial charge on any atom is 0.418 e. The molecule has 2 fully saturated rings. The number of piperazine rings is 1. The number of hydrogen-bond donors (Lipinski definition) is 0. The lowest BCUT2D eigenvalue weighted by atomic mass is 10.1. The molecule has 0 aromatic heterocycles. The van der Waals surface area contributed by atoms with E-state index in [-0.39, 0.29) is 21.5 Å². The molecule has 0 amide bonds. The second-order valence-electron chi connectivity index (χ2n) is 10.1. The van der Waals surface area contributed by atoms with Gasteiger partial charge in [-0.1, -0.05) is 6.07 Å². The Bertz CT molecular complexity index is 1470. The quantitative estimate of drug-likeness (QED) is 0.372. The van der Waals surface area contributed by atoms with E-state index in [0.29, 0.717) is 57.6 Å². The third kappa shape index (κ3) is 5.49. The maximum atomic E-state index is 13.6. The van der Waals surface area contributed by atoms with Crippen molar-refractivity contribution < 1.29 is 30.7 Å². The van der Waals surface area contributed by atoms with Crippen LogP contribution in [0.15, 0.2) is 70.5 Å². The molecule has 0 N–H and O–H groups in total. The highest BCUT2D eigenvalue weighted by molar-refractivity contribution is 7.91. The minimum atomic E-state index is -4.67. The number of benzene rings is 3. The second-order valence-corrected chi connectivity index (χ2v) is 12.1. The minimum absolute atomic E-state index is 0.0449. The molecule has 2 heterocycles. The predicted octanol–water partition coefficient (Wildman–Crippen LogP) is 5.54. The molecule has 40 heavy (non-hydrogen) atoms. The van der Waals surface area contributed by atoms with Crippen LogP contribution >= 0.6 is 0 Å². The van der Waals surface area contributed by atoms with Crippen LogP contribution in [0.2, 0.25) is 0 Å². The molecule has 1 atom stereocenters. The standard InChI is InChI=1S/C29H31F4N3O3S/c1-20-19-35(27-11-6-22(30)18-25(27)29(31,32)33)12-13-36(20)23-7-9-24(10-8-23)40(37,38)28-5-3-4-26(21(28)2)34-14-16-39-17-15-34/h3-11,18,20H,12-17,19H2,1-2H3/t20-/m1/s1. The molecule has 0 aliphatic carbocycles. The third-order valence-electron chi connectivity index (χ3n) is 7.61. The zero-order chi connectivity index (χ0) is 28.7. The largest absolute Gasteiger partial charge is 0.418 e. The normalized spacial score (nSPS) is 18.8. The van der Waals surface area contributed by atoms with E-state index in [2.05, 4.69) is 4.90 Å². The van der Waals surface area contributed by atoms with Crippen LogP contribution in [0.3, 0.4) is 0 Å². The van der Waals surface area contributed by atoms with E-state index in [9.17, 15) is 26.0 Å². The Morgan fingerprint density at radius 3 is 2.23 bits per heavy atom. The first-order valence-corrected chi connectivity index (χ1v) is 14.6. The van der Waals surface area contributed by atoms with Crippen molar-refractivity contribution in [3.63, 3.8) is 0 Å². The summed E-state index contributed by atoms with van der Waals surface area (Å²) in [7, 11) is -3.78. The average molecular weight is 578 g/mol. The van der Waals surface area contributed by atoms with E-state index < -0.39 is 27.4 Å². The molecular formula is C29H31F4N3O3S. The van der Waals surface area contributed by atoms with Crippen LogP contribution in [0.4, 0.5) is 34.6 Å². The predicted molar refractivity (Wildman–Crippen MR) is 147 cm³/mol. The van der Waals surface area contributed by atoms with E-state index in [4.69, 9.17) is 4.74 Å². The van der Waals surface area contributed by atoms with Crippen molar-refractivity contribution in [1.82, 2.24) is 0 Å². The number of morpholine rings is 1. The fourth-order valence-electron chi connectivity index (χ4n) is 5.56. The van der Waals surface area contributed by atoms with Gasteiger partial charge in [-0.25, -0.2) is 12.8 Å². The molecule has 0 spiro atoms. The van der Waals surface area contributed by atoms with Crippen molar-refractivity contribution in [2.75, 3.05) is 60.6 Å². The summed E-state index contributed by atoms with van der Waals surface area (Å²) in [5.41, 5.74) is 1.31. The number of sulfone groups is 1. The van der Waals surface area contributed by atoms with E-state index in [0.717, 1.165) is 17.4 Å². The lowest BCUT2D eigenvalue weighted by molar-refractivity contribution is -0.137. The molecule has 0 unspecified atom stereocenters. The zero-order valence-electron chi connectivity index (χ0n) is 22.3. The van der Waals surface area contributed by atoms with Crippen molar-refractivity contribution in [2.45, 2.75) is 35.9 Å². The number of anilines is 3. The van der Waals surface area contributed by atoms with Gasteiger partial charge in [0.1, 0.15) is 5.82 Å². The smallest absolute Gasteiger partial charge is 0.378 e. The van der Waals surface area contributed by atoms with Crippen LogP contribution in [0, 0.1) is 12.7 Å². The number of halogens is 4. The minimum Gasteiger partial charge on any atom is -0.378 e. The van der Waals surface area contributed by atoms with Gasteiger partial charge in [-0.05, 0) is 74.0 Å². The Kier molecular flexibility index (Phi) is 7.71. The monoisotopic (exact) mass is 577 g/mol. The highest BCUT2D eigenvalue weighted by atomic mass is 32.2. The molecule has 2 aliphatic heterocycles. The highest BCUT2D eigenvalue weighted by Crippen LogP contribution is 2.38. The molecular weight excluding hydrogens is 546 g/mol. The van der Waals surface area contributed by atoms with Gasteiger partial charge in [-0.2, -0.15) is 13.2 Å². The Labute approximate surface area is 231 Å². The summed E-state index contributed by atoms with van der Waals surface area (Å²) in [5.74, 6) is -0.930. The molecule has 0 bridgehead atoms. The number of nitrogens with zero attached hydrogens (tertiary/aromatic N) is 3. The number of hydrogen-bond acceptors (Lipinski definition) is 6. The highest BCUT2D eigenvalue weighted by Gasteiger charge is 2.37. The summed E-state index contributed by atoms with van der Waals surface area (Å²) in [4.78, 5) is 6.21. The van der Waals surface area contributed by atoms with Crippen molar-refractivity contribution in [1.29, 1.82) is 0 Å². The topological polar surface area (TPSA) is 53.1 Å². The van der Waals surface area contributed by atoms with Crippen molar-refractivity contribution >= 4 is 26.9 Å². The molecule has 214 valence electrons. The van der Waals surface area contributed by atoms with Gasteiger partial charge in [0, 0.05) is 55.8 Å². The van der Waals surface area contributed by atoms with Crippen molar-refractivity contribution in [3.05, 3.63) is 77.6 Å². The third-order valence-corrected chi connectivity index (χ3v) is 9.52. The van der Waals surface area contributed by atoms with Crippen molar-refractivity contribution in [3.8, 4) is 0 Å². The Balaban J connectivity index is 1.34. The SMILES string of the molecule is Cc1c(N2CCOCC2)cccc1S(=O)(=O)c1ccc(N2CCN(c3ccc(F)cc3C(F)(F)F)C[C@H]2C)cc1. The van der Waals surface area contributed by atoms with Gasteiger partial charge in [0.05, 0.1) is 28.6 Å². The summed E-state index contributed by atoms with van der Waals surface area (Å²) >= 11 is 0. The van der Waals surface area contributed by atoms with Gasteiger partial charge in [-0.15, -0.1) is 0 Å². The Morgan fingerprint density at radius 2 is 1.57 bits per heavy atom. The van der Waals surface area contributed by atoms with Crippen LogP contribution in [-0.2, 0) is 20.8 Å². The maximum absolute atomic E-state index is 13.6. The molecule has 2 saturated heterocycles. The lowest BCUT2D eigenvalue weighted by Gasteiger charge is -2.43. The molecule has 3 aromatic rings. The first-order valence-electron chi connectivity index (χ1n) is 13.1. The van der Waals surface area contributed by atoms with Crippen molar-refractivity contribution in [2.24, 2.45) is 0 Å². The Morgan fingerprint density at radius 1 is 0.875 bits per heavy atom. The molecule has 11 heteroatoms. The average Bonchev–Trinajstić information content (AvgIpc) is 2.93. The summed E-state index contributed by atoms with van der Waals surface area (Å²) < 4.78 is 86.9. The van der Waals surface area contributed by atoms with Gasteiger partial charge in [0.25, 0.3) is 0 Å². The van der Waals surface area contributed by atoms with Crippen LogP contribution in [-0.4, -0.2) is 60.4 Å². The summed E-state index contributed by atoms with van der Waals surface area (Å²) in [6, 6.07) is 14.5. The first-order chi connectivity index (χ1) is 19.0. The molecule has 3 aromatic carbocycles. The molecule has 0 radical (unpaired) electrons. The zero-order valence-corrected chi connectivity index (χ0v) is 23.1. The second kappa shape index (κ2) is 10.9. The van der Waals surface area contributed by atoms with Gasteiger partial charge in [-0.3, -0.25) is 0 Å². The van der Waals surface area contributed by atoms with Gasteiger partial charge in [0.15, 0.2) is 0 Å². The summed E-state index contributed by atoms with van der Waals surface area (Å²) in [6.45, 7) is 7.31. The fraction of sp³-hybridized carbons (Fsp3) is 0.379. The van der Waals surface area contributed by atoms with Crippen LogP contribution in [0.5, 0.6) is 0 Å². The summed E-state index contributed by atoms with van der Waals surface area (Å²) in [6.07, 6.45) is -4.67. The fourth-order valence-corrected chi connectivity index (χ4v) is 7.07. The molecule has 5 rings (SSSR count). The number of ether oxygens (including phenoxy) is 1. The summed E-state index contributed by atoms with van der Waals surface area (Å²) in [5, 5.41) is 0.